The molecule has 0 atom stereocenters. The summed E-state index contributed by atoms with van der Waals surface area (Å²) in [5.41, 5.74) is 5.93. The number of carbonyl (C=O) groups is 1. The number of aromatic nitrogens is 2. The molecule has 1 heterocycles. The van der Waals surface area contributed by atoms with Crippen LogP contribution in [0.4, 0.5) is 0 Å². The Kier molecular flexibility index (Phi) is 5.51. The van der Waals surface area contributed by atoms with Gasteiger partial charge >= 0.3 is 0 Å². The molecule has 0 unspecified atom stereocenters. The minimum atomic E-state index is -0.371. The van der Waals surface area contributed by atoms with Crippen molar-refractivity contribution in [3.05, 3.63) is 65.9 Å². The van der Waals surface area contributed by atoms with Crippen molar-refractivity contribution < 1.29 is 14.3 Å². The molecule has 0 spiro atoms. The first-order valence-corrected chi connectivity index (χ1v) is 8.30. The molecule has 27 heavy (non-hydrogen) atoms. The van der Waals surface area contributed by atoms with Gasteiger partial charge in [0.25, 0.3) is 5.91 Å². The van der Waals surface area contributed by atoms with Gasteiger partial charge in [0.2, 0.25) is 0 Å². The number of hydrogen-bond donors (Lipinski definition) is 2. The highest BCUT2D eigenvalue weighted by Gasteiger charge is 2.11. The van der Waals surface area contributed by atoms with Crippen LogP contribution in [0, 0.1) is 0 Å². The van der Waals surface area contributed by atoms with Gasteiger partial charge in [-0.3, -0.25) is 9.89 Å². The third-order valence-corrected chi connectivity index (χ3v) is 4.02. The minimum Gasteiger partial charge on any atom is -0.493 e. The minimum absolute atomic E-state index is 0.331. The lowest BCUT2D eigenvalue weighted by atomic mass is 10.1. The summed E-state index contributed by atoms with van der Waals surface area (Å²) in [5, 5.41) is 11.1. The van der Waals surface area contributed by atoms with Crippen LogP contribution in [0.25, 0.3) is 11.3 Å². The average Bonchev–Trinajstić information content (AvgIpc) is 3.22. The highest BCUT2D eigenvalue weighted by molar-refractivity contribution is 6.01. The molecule has 0 fully saturated rings. The summed E-state index contributed by atoms with van der Waals surface area (Å²) >= 11 is 0. The van der Waals surface area contributed by atoms with E-state index in [2.05, 4.69) is 20.7 Å². The fourth-order valence-corrected chi connectivity index (χ4v) is 2.52. The smallest absolute Gasteiger partial charge is 0.289 e. The number of ether oxygens (including phenoxy) is 2. The Morgan fingerprint density at radius 3 is 2.48 bits per heavy atom. The summed E-state index contributed by atoms with van der Waals surface area (Å²) in [6.07, 6.45) is 0. The number of carbonyl (C=O) groups excluding carboxylic acids is 1. The van der Waals surface area contributed by atoms with Gasteiger partial charge in [-0.15, -0.1) is 0 Å². The lowest BCUT2D eigenvalue weighted by Crippen LogP contribution is -2.19. The number of hydrazone groups is 1. The molecule has 7 nitrogen and oxygen atoms in total. The highest BCUT2D eigenvalue weighted by atomic mass is 16.5. The molecule has 7 heteroatoms. The Balaban J connectivity index is 1.72. The summed E-state index contributed by atoms with van der Waals surface area (Å²) in [4.78, 5) is 12.3. The fraction of sp³-hybridized carbons (Fsp3) is 0.150. The second-order valence-corrected chi connectivity index (χ2v) is 5.74. The van der Waals surface area contributed by atoms with Gasteiger partial charge in [0, 0.05) is 11.1 Å². The van der Waals surface area contributed by atoms with Gasteiger partial charge in [-0.25, -0.2) is 5.43 Å². The van der Waals surface area contributed by atoms with Gasteiger partial charge in [-0.1, -0.05) is 30.3 Å². The maximum atomic E-state index is 12.3. The number of rotatable bonds is 6. The number of nitrogens with one attached hydrogen (secondary N) is 2. The molecule has 0 aliphatic heterocycles. The van der Waals surface area contributed by atoms with Crippen molar-refractivity contribution in [2.24, 2.45) is 5.10 Å². The van der Waals surface area contributed by atoms with Crippen LogP contribution in [0.3, 0.4) is 0 Å². The predicted octanol–water partition coefficient (Wildman–Crippen LogP) is 3.25. The predicted molar refractivity (Wildman–Crippen MR) is 103 cm³/mol. The molecule has 0 saturated carbocycles. The van der Waals surface area contributed by atoms with Crippen molar-refractivity contribution in [1.29, 1.82) is 0 Å². The molecular weight excluding hydrogens is 344 g/mol. The summed E-state index contributed by atoms with van der Waals surface area (Å²) in [5.74, 6) is 0.852. The van der Waals surface area contributed by atoms with Gasteiger partial charge in [-0.05, 0) is 31.2 Å². The van der Waals surface area contributed by atoms with E-state index in [4.69, 9.17) is 9.47 Å². The lowest BCUT2D eigenvalue weighted by Gasteiger charge is -2.09. The molecule has 2 aromatic carbocycles. The monoisotopic (exact) mass is 364 g/mol. The second-order valence-electron chi connectivity index (χ2n) is 5.74. The Morgan fingerprint density at radius 1 is 1.04 bits per heavy atom. The first kappa shape index (κ1) is 18.2. The first-order chi connectivity index (χ1) is 13.1. The molecular formula is C20H20N4O3. The van der Waals surface area contributed by atoms with Crippen LogP contribution < -0.4 is 14.9 Å². The Hall–Kier alpha value is -3.61. The van der Waals surface area contributed by atoms with E-state index in [1.807, 2.05) is 36.4 Å². The summed E-state index contributed by atoms with van der Waals surface area (Å²) in [7, 11) is 3.14. The van der Waals surface area contributed by atoms with E-state index < -0.39 is 0 Å². The topological polar surface area (TPSA) is 88.6 Å². The van der Waals surface area contributed by atoms with Gasteiger partial charge in [0.15, 0.2) is 11.5 Å². The van der Waals surface area contributed by atoms with Crippen LogP contribution in [-0.2, 0) is 0 Å². The van der Waals surface area contributed by atoms with Crippen molar-refractivity contribution in [3.8, 4) is 22.8 Å². The average molecular weight is 364 g/mol. The fourth-order valence-electron chi connectivity index (χ4n) is 2.52. The molecule has 1 aromatic heterocycles. The van der Waals surface area contributed by atoms with Crippen LogP contribution >= 0.6 is 0 Å². The van der Waals surface area contributed by atoms with Crippen molar-refractivity contribution in [1.82, 2.24) is 15.6 Å². The van der Waals surface area contributed by atoms with Crippen LogP contribution in [0.5, 0.6) is 11.5 Å². The Bertz CT molecular complexity index is 964. The van der Waals surface area contributed by atoms with E-state index in [1.54, 1.807) is 39.3 Å². The van der Waals surface area contributed by atoms with Crippen LogP contribution in [-0.4, -0.2) is 36.0 Å². The van der Waals surface area contributed by atoms with Gasteiger partial charge < -0.3 is 9.47 Å². The number of nitrogens with zero attached hydrogens (tertiary/aromatic N) is 2. The number of H-pyrrole nitrogens is 1. The number of hydrogen-bond acceptors (Lipinski definition) is 5. The largest absolute Gasteiger partial charge is 0.493 e. The maximum Gasteiger partial charge on any atom is 0.289 e. The zero-order chi connectivity index (χ0) is 19.2. The van der Waals surface area contributed by atoms with Crippen LogP contribution in [0.15, 0.2) is 59.7 Å². The maximum absolute atomic E-state index is 12.3. The quantitative estimate of drug-likeness (QED) is 0.519. The van der Waals surface area contributed by atoms with E-state index in [1.165, 1.54) is 0 Å². The first-order valence-electron chi connectivity index (χ1n) is 8.30. The molecule has 0 aliphatic carbocycles. The van der Waals surface area contributed by atoms with Crippen molar-refractivity contribution in [2.75, 3.05) is 14.2 Å². The van der Waals surface area contributed by atoms with E-state index in [9.17, 15) is 4.79 Å². The molecule has 0 bridgehead atoms. The van der Waals surface area contributed by atoms with Gasteiger partial charge in [0.1, 0.15) is 5.69 Å². The number of aromatic amines is 1. The third-order valence-electron chi connectivity index (χ3n) is 4.02. The number of methoxy groups -OCH3 is 2. The molecule has 0 saturated heterocycles. The van der Waals surface area contributed by atoms with Crippen molar-refractivity contribution >= 4 is 11.6 Å². The molecule has 1 amide bonds. The third kappa shape index (κ3) is 4.14. The summed E-state index contributed by atoms with van der Waals surface area (Å²) in [6, 6.07) is 16.7. The van der Waals surface area contributed by atoms with E-state index in [0.717, 1.165) is 11.1 Å². The molecule has 0 radical (unpaired) electrons. The molecule has 138 valence electrons. The zero-order valence-electron chi connectivity index (χ0n) is 15.3. The number of amides is 1. The summed E-state index contributed by atoms with van der Waals surface area (Å²) in [6.45, 7) is 1.80. The molecule has 3 aromatic rings. The Labute approximate surface area is 157 Å². The van der Waals surface area contributed by atoms with Gasteiger partial charge in [0.05, 0.1) is 25.6 Å². The van der Waals surface area contributed by atoms with Crippen molar-refractivity contribution in [3.63, 3.8) is 0 Å². The van der Waals surface area contributed by atoms with E-state index >= 15 is 0 Å². The SMILES string of the molecule is COc1ccc(/C(C)=N\NC(=O)c2cc(-c3ccccc3)n[nH]2)cc1OC. The van der Waals surface area contributed by atoms with E-state index in [-0.39, 0.29) is 5.91 Å². The standard InChI is InChI=1S/C20H20N4O3/c1-13(15-9-10-18(26-2)19(11-15)27-3)21-24-20(25)17-12-16(22-23-17)14-7-5-4-6-8-14/h4-12H,1-3H3,(H,22,23)(H,24,25)/b21-13-. The highest BCUT2D eigenvalue weighted by Crippen LogP contribution is 2.27. The Morgan fingerprint density at radius 2 is 1.78 bits per heavy atom. The van der Waals surface area contributed by atoms with Gasteiger partial charge in [-0.2, -0.15) is 10.2 Å². The van der Waals surface area contributed by atoms with Crippen molar-refractivity contribution in [2.45, 2.75) is 6.92 Å². The molecule has 0 aliphatic rings. The van der Waals surface area contributed by atoms with Crippen LogP contribution in [0.1, 0.15) is 23.0 Å². The molecule has 3 rings (SSSR count). The summed E-state index contributed by atoms with van der Waals surface area (Å²) < 4.78 is 10.5. The lowest BCUT2D eigenvalue weighted by molar-refractivity contribution is 0.0950. The molecule has 2 N–H and O–H groups in total. The van der Waals surface area contributed by atoms with Crippen LogP contribution in [0.2, 0.25) is 0 Å². The second kappa shape index (κ2) is 8.18. The zero-order valence-corrected chi connectivity index (χ0v) is 15.3. The number of benzene rings is 2. The normalized spacial score (nSPS) is 11.1. The van der Waals surface area contributed by atoms with E-state index in [0.29, 0.717) is 28.6 Å².